The first-order chi connectivity index (χ1) is 17.4. The lowest BCUT2D eigenvalue weighted by atomic mass is 9.91. The van der Waals surface area contributed by atoms with E-state index in [0.29, 0.717) is 18.5 Å². The zero-order valence-corrected chi connectivity index (χ0v) is 20.9. The lowest BCUT2D eigenvalue weighted by Gasteiger charge is -2.37. The predicted molar refractivity (Wildman–Crippen MR) is 141 cm³/mol. The first-order valence-electron chi connectivity index (χ1n) is 12.7. The van der Waals surface area contributed by atoms with Gasteiger partial charge in [-0.1, -0.05) is 18.2 Å². The molecule has 1 aromatic heterocycles. The molecule has 2 atom stereocenters. The van der Waals surface area contributed by atoms with Crippen LogP contribution in [-0.4, -0.2) is 60.9 Å². The molecule has 0 aliphatic carbocycles. The first-order valence-corrected chi connectivity index (χ1v) is 12.7. The number of nitrogens with two attached hydrogens (primary N) is 1. The molecule has 9 nitrogen and oxygen atoms in total. The Balaban J connectivity index is 1.28. The van der Waals surface area contributed by atoms with Gasteiger partial charge in [0, 0.05) is 50.4 Å². The Morgan fingerprint density at radius 3 is 2.47 bits per heavy atom. The normalized spacial score (nSPS) is 22.1. The average molecular weight is 488 g/mol. The number of nitrogens with one attached hydrogen (secondary N) is 1. The zero-order valence-electron chi connectivity index (χ0n) is 20.9. The number of benzene rings is 2. The second-order valence-electron chi connectivity index (χ2n) is 10.2. The van der Waals surface area contributed by atoms with E-state index in [-0.39, 0.29) is 11.8 Å². The van der Waals surface area contributed by atoms with Crippen LogP contribution in [-0.2, 0) is 19.5 Å². The molecule has 2 aromatic carbocycles. The topological polar surface area (TPSA) is 98.3 Å². The van der Waals surface area contributed by atoms with E-state index in [1.54, 1.807) is 0 Å². The Kier molecular flexibility index (Phi) is 5.91. The van der Waals surface area contributed by atoms with Gasteiger partial charge in [-0.05, 0) is 60.8 Å². The summed E-state index contributed by atoms with van der Waals surface area (Å²) in [6.07, 6.45) is 0.940. The van der Waals surface area contributed by atoms with Crippen molar-refractivity contribution in [3.8, 4) is 16.9 Å². The van der Waals surface area contributed by atoms with Gasteiger partial charge in [-0.15, -0.1) is 0 Å². The summed E-state index contributed by atoms with van der Waals surface area (Å²) in [5.41, 5.74) is 12.0. The number of fused-ring (bicyclic) bond motifs is 2. The van der Waals surface area contributed by atoms with E-state index in [1.807, 2.05) is 6.07 Å². The molecule has 9 heteroatoms. The largest absolute Gasteiger partial charge is 0.632 e. The second kappa shape index (κ2) is 9.24. The summed E-state index contributed by atoms with van der Waals surface area (Å²) in [6.45, 7) is 7.50. The van der Waals surface area contributed by atoms with Gasteiger partial charge in [0.15, 0.2) is 0 Å². The van der Waals surface area contributed by atoms with Crippen LogP contribution in [0.1, 0.15) is 23.6 Å². The lowest BCUT2D eigenvalue weighted by molar-refractivity contribution is -0.883. The molecule has 36 heavy (non-hydrogen) atoms. The number of hydrogen-bond donors (Lipinski definition) is 2. The molecule has 3 aliphatic heterocycles. The van der Waals surface area contributed by atoms with E-state index in [1.165, 1.54) is 11.1 Å². The molecule has 0 radical (unpaired) electrons. The monoisotopic (exact) mass is 487 g/mol. The maximum Gasteiger partial charge on any atom is 0.223 e. The number of anilines is 3. The molecular formula is C27H33N7O2. The van der Waals surface area contributed by atoms with Crippen LogP contribution in [0.25, 0.3) is 11.1 Å². The molecular weight excluding hydrogens is 454 g/mol. The maximum atomic E-state index is 11.9. The third-order valence-electron chi connectivity index (χ3n) is 7.60. The van der Waals surface area contributed by atoms with Gasteiger partial charge < -0.3 is 35.4 Å². The number of rotatable bonds is 3. The molecule has 0 saturated carbocycles. The summed E-state index contributed by atoms with van der Waals surface area (Å²) in [4.78, 5) is 16.2. The van der Waals surface area contributed by atoms with Crippen LogP contribution >= 0.6 is 0 Å². The van der Waals surface area contributed by atoms with Gasteiger partial charge in [-0.2, -0.15) is 9.97 Å². The van der Waals surface area contributed by atoms with Crippen LogP contribution < -0.4 is 25.3 Å². The molecule has 0 bridgehead atoms. The fraction of sp³-hybridized carbons (Fsp3) is 0.407. The summed E-state index contributed by atoms with van der Waals surface area (Å²) < 4.78 is 5.58. The number of piperazine rings is 1. The minimum atomic E-state index is 0.120. The minimum absolute atomic E-state index is 0.120. The number of hydrogen-bond acceptors (Lipinski definition) is 8. The highest BCUT2D eigenvalue weighted by Gasteiger charge is 2.26. The third-order valence-corrected chi connectivity index (χ3v) is 7.60. The number of ether oxygens (including phenoxy) is 1. The molecule has 188 valence electrons. The number of quaternary nitrogens is 1. The molecule has 1 fully saturated rings. The van der Waals surface area contributed by atoms with Crippen molar-refractivity contribution in [3.63, 3.8) is 0 Å². The Morgan fingerprint density at radius 1 is 0.944 bits per heavy atom. The number of hydroxylamine groups is 2. The molecule has 0 spiro atoms. The quantitative estimate of drug-likeness (QED) is 0.539. The lowest BCUT2D eigenvalue weighted by Crippen LogP contribution is -3.07. The SMILES string of the molecule is CC1Cc2ccc(-c3ccc4c(c3)C[NH+]([O-])CO4)cc2CN1c1cc(N2CCN(C)CC2)nc(N)n1. The van der Waals surface area contributed by atoms with E-state index < -0.39 is 0 Å². The van der Waals surface area contributed by atoms with Gasteiger partial charge in [0.05, 0.1) is 0 Å². The second-order valence-corrected chi connectivity index (χ2v) is 10.2. The summed E-state index contributed by atoms with van der Waals surface area (Å²) >= 11 is 0. The van der Waals surface area contributed by atoms with E-state index in [9.17, 15) is 5.21 Å². The standard InChI is InChI=1S/C27H33N7O2/c1-18-11-19-3-4-20(21-5-6-24-23(13-21)15-33(35)17-36-24)12-22(19)16-34(18)26-14-25(29-27(28)30-26)32-9-7-31(2)8-10-32/h3-6,12-14,18,33H,7-11,15-17H2,1-2H3,(H2,28,29,30). The molecule has 0 amide bonds. The number of nitrogens with zero attached hydrogens (tertiary/aromatic N) is 5. The van der Waals surface area contributed by atoms with Crippen LogP contribution in [0.5, 0.6) is 5.75 Å². The Morgan fingerprint density at radius 2 is 1.67 bits per heavy atom. The molecule has 2 unspecified atom stereocenters. The van der Waals surface area contributed by atoms with E-state index in [0.717, 1.165) is 73.2 Å². The van der Waals surface area contributed by atoms with Crippen molar-refractivity contribution in [2.24, 2.45) is 0 Å². The molecule has 4 heterocycles. The Bertz CT molecular complexity index is 1270. The number of nitrogen functional groups attached to an aromatic ring is 1. The van der Waals surface area contributed by atoms with Crippen molar-refractivity contribution < 1.29 is 9.80 Å². The van der Waals surface area contributed by atoms with Gasteiger partial charge >= 0.3 is 0 Å². The van der Waals surface area contributed by atoms with Crippen molar-refractivity contribution >= 4 is 17.6 Å². The van der Waals surface area contributed by atoms with Crippen molar-refractivity contribution in [2.75, 3.05) is 55.5 Å². The van der Waals surface area contributed by atoms with Gasteiger partial charge in [-0.3, -0.25) is 0 Å². The maximum absolute atomic E-state index is 11.9. The first kappa shape index (κ1) is 23.0. The van der Waals surface area contributed by atoms with Crippen LogP contribution in [0.15, 0.2) is 42.5 Å². The highest BCUT2D eigenvalue weighted by atomic mass is 16.6. The van der Waals surface area contributed by atoms with Crippen LogP contribution in [0.4, 0.5) is 17.6 Å². The molecule has 6 rings (SSSR count). The van der Waals surface area contributed by atoms with Crippen molar-refractivity contribution in [2.45, 2.75) is 32.5 Å². The minimum Gasteiger partial charge on any atom is -0.632 e. The van der Waals surface area contributed by atoms with Gasteiger partial charge in [0.2, 0.25) is 12.7 Å². The van der Waals surface area contributed by atoms with Crippen LogP contribution in [0.3, 0.4) is 0 Å². The highest BCUT2D eigenvalue weighted by Crippen LogP contribution is 2.34. The fourth-order valence-electron chi connectivity index (χ4n) is 5.47. The van der Waals surface area contributed by atoms with Crippen LogP contribution in [0, 0.1) is 5.21 Å². The van der Waals surface area contributed by atoms with Crippen molar-refractivity contribution in [3.05, 3.63) is 64.4 Å². The fourth-order valence-corrected chi connectivity index (χ4v) is 5.47. The van der Waals surface area contributed by atoms with E-state index in [2.05, 4.69) is 75.0 Å². The van der Waals surface area contributed by atoms with Gasteiger partial charge in [0.25, 0.3) is 0 Å². The highest BCUT2D eigenvalue weighted by molar-refractivity contribution is 5.68. The summed E-state index contributed by atoms with van der Waals surface area (Å²) in [6, 6.07) is 15.2. The van der Waals surface area contributed by atoms with Crippen molar-refractivity contribution in [1.29, 1.82) is 0 Å². The Hall–Kier alpha value is -3.40. The van der Waals surface area contributed by atoms with Gasteiger partial charge in [-0.25, -0.2) is 0 Å². The number of likely N-dealkylation sites (N-methyl/N-ethyl adjacent to an activating group) is 1. The average Bonchev–Trinajstić information content (AvgIpc) is 2.87. The van der Waals surface area contributed by atoms with Gasteiger partial charge in [0.1, 0.15) is 23.9 Å². The zero-order chi connectivity index (χ0) is 24.8. The van der Waals surface area contributed by atoms with Crippen molar-refractivity contribution in [1.82, 2.24) is 14.9 Å². The molecule has 1 saturated heterocycles. The Labute approximate surface area is 211 Å². The molecule has 3 aromatic rings. The van der Waals surface area contributed by atoms with Crippen LogP contribution in [0.2, 0.25) is 0 Å². The van der Waals surface area contributed by atoms with E-state index >= 15 is 0 Å². The summed E-state index contributed by atoms with van der Waals surface area (Å²) in [5.74, 6) is 2.92. The van der Waals surface area contributed by atoms with E-state index in [4.69, 9.17) is 10.5 Å². The smallest absolute Gasteiger partial charge is 0.223 e. The molecule has 3 N–H and O–H groups in total. The summed E-state index contributed by atoms with van der Waals surface area (Å²) in [7, 11) is 2.15. The molecule has 3 aliphatic rings. The third kappa shape index (κ3) is 4.45. The summed E-state index contributed by atoms with van der Waals surface area (Å²) in [5, 5.41) is 12.0. The predicted octanol–water partition coefficient (Wildman–Crippen LogP) is 1.66. The number of aromatic nitrogens is 2.